The number of rotatable bonds is 10. The molecule has 0 aliphatic rings. The average Bonchev–Trinajstić information content (AvgIpc) is 2.83. The third-order valence-electron chi connectivity index (χ3n) is 2.10. The zero-order valence-corrected chi connectivity index (χ0v) is 17.1. The molecule has 0 spiro atoms. The molecular weight excluding hydrogens is 516 g/mol. The van der Waals surface area contributed by atoms with E-state index in [0.717, 1.165) is 0 Å². The molecule has 1 rings (SSSR count). The van der Waals surface area contributed by atoms with Crippen molar-refractivity contribution in [3.05, 3.63) is 23.3 Å². The van der Waals surface area contributed by atoms with Gasteiger partial charge in [-0.25, -0.2) is 26.3 Å². The van der Waals surface area contributed by atoms with Gasteiger partial charge in [0, 0.05) is 0 Å². The van der Waals surface area contributed by atoms with Gasteiger partial charge in [-0.1, -0.05) is 0 Å². The van der Waals surface area contributed by atoms with Gasteiger partial charge in [0.25, 0.3) is 0 Å². The molecule has 0 saturated carbocycles. The van der Waals surface area contributed by atoms with E-state index in [-0.39, 0.29) is 6.61 Å². The summed E-state index contributed by atoms with van der Waals surface area (Å²) in [5.41, 5.74) is 0. The highest BCUT2D eigenvalue weighted by atomic mass is 19.3. The van der Waals surface area contributed by atoms with Gasteiger partial charge in [-0.15, -0.1) is 0 Å². The van der Waals surface area contributed by atoms with E-state index in [2.05, 4.69) is 19.4 Å². The second-order valence-corrected chi connectivity index (χ2v) is 4.24. The van der Waals surface area contributed by atoms with Crippen LogP contribution >= 0.6 is 0 Å². The van der Waals surface area contributed by atoms with Crippen LogP contribution in [0, 0.1) is 23.3 Å². The Kier molecular flexibility index (Phi) is 35.4. The lowest BCUT2D eigenvalue weighted by Crippen LogP contribution is -2.09. The summed E-state index contributed by atoms with van der Waals surface area (Å²) in [6, 6.07) is 0. The molecule has 18 heteroatoms. The Morgan fingerprint density at radius 1 is 0.529 bits per heavy atom. The molecule has 0 unspecified atom stereocenters. The zero-order valence-electron chi connectivity index (χ0n) is 17.1. The molecule has 0 aliphatic heterocycles. The van der Waals surface area contributed by atoms with Gasteiger partial charge in [-0.2, -0.15) is 27.4 Å². The number of ether oxygens (including phenoxy) is 2. The highest BCUT2D eigenvalue weighted by Crippen LogP contribution is 2.34. The summed E-state index contributed by atoms with van der Waals surface area (Å²) < 4.78 is 146. The maximum absolute atomic E-state index is 13.1. The molecule has 206 valence electrons. The van der Waals surface area contributed by atoms with Gasteiger partial charge < -0.3 is 19.7 Å². The van der Waals surface area contributed by atoms with Crippen molar-refractivity contribution in [2.24, 2.45) is 0 Å². The first-order valence-electron chi connectivity index (χ1n) is 8.36. The second-order valence-electron chi connectivity index (χ2n) is 4.24. The van der Waals surface area contributed by atoms with Crippen molar-refractivity contribution in [3.8, 4) is 11.5 Å². The minimum absolute atomic E-state index is 0.347. The summed E-state index contributed by atoms with van der Waals surface area (Å²) in [4.78, 5) is 5.63. The lowest BCUT2D eigenvalue weighted by atomic mass is 10.2. The number of aliphatic hydroxyl groups excluding tert-OH is 2. The Balaban J connectivity index is -0.000000216. The van der Waals surface area contributed by atoms with E-state index < -0.39 is 95.0 Å². The summed E-state index contributed by atoms with van der Waals surface area (Å²) in [5, 5.41) is 14.4. The van der Waals surface area contributed by atoms with Crippen molar-refractivity contribution in [1.29, 1.82) is 0 Å². The van der Waals surface area contributed by atoms with Gasteiger partial charge in [-0.3, -0.25) is 0 Å². The molecule has 0 fully saturated rings. The molecule has 0 heterocycles. The average molecular weight is 538 g/mol. The number of benzene rings is 1. The SMILES string of the molecule is FCCOF.FCCOF.FCCOc1c(F)c(F)c(OCF)c(F)c1F.OCCF.OCF. The highest BCUT2D eigenvalue weighted by Gasteiger charge is 2.28. The van der Waals surface area contributed by atoms with Gasteiger partial charge in [0.15, 0.2) is 12.6 Å². The highest BCUT2D eigenvalue weighted by molar-refractivity contribution is 5.38. The largest absolute Gasteiger partial charge is 0.485 e. The molecule has 0 saturated heterocycles. The standard InChI is InChI=1S/C9H6F6O2.2C2H4F2O.C2H5FO.CH3FO/c10-1-2-16-8-4(12)6(14)9(17-3-11)7(15)5(8)13;2*3-1-2-5-4;3-1-2-4;2-1-3/h1-3H2;2*1-2H2;4H,1-2H2;3H,1H2. The van der Waals surface area contributed by atoms with Gasteiger partial charge in [0.1, 0.15) is 46.5 Å². The van der Waals surface area contributed by atoms with Crippen molar-refractivity contribution in [1.82, 2.24) is 0 Å². The lowest BCUT2D eigenvalue weighted by Gasteiger charge is -2.11. The number of hydrogen-bond donors (Lipinski definition) is 2. The molecule has 0 aromatic heterocycles. The molecule has 6 nitrogen and oxygen atoms in total. The van der Waals surface area contributed by atoms with Crippen LogP contribution in [0.1, 0.15) is 0 Å². The van der Waals surface area contributed by atoms with Crippen molar-refractivity contribution < 1.29 is 82.5 Å². The quantitative estimate of drug-likeness (QED) is 0.339. The van der Waals surface area contributed by atoms with Gasteiger partial charge in [0.05, 0.1) is 6.61 Å². The molecule has 34 heavy (non-hydrogen) atoms. The van der Waals surface area contributed by atoms with Crippen LogP contribution in [0.15, 0.2) is 0 Å². The summed E-state index contributed by atoms with van der Waals surface area (Å²) in [7, 11) is 0. The zero-order chi connectivity index (χ0) is 27.4. The monoisotopic (exact) mass is 538 g/mol. The second kappa shape index (κ2) is 30.8. The van der Waals surface area contributed by atoms with Crippen molar-refractivity contribution in [2.75, 3.05) is 66.8 Å². The van der Waals surface area contributed by atoms with Crippen molar-refractivity contribution >= 4 is 0 Å². The number of aliphatic hydroxyl groups is 2. The van der Waals surface area contributed by atoms with E-state index in [1.165, 1.54) is 0 Å². The number of hydrogen-bond acceptors (Lipinski definition) is 6. The Bertz CT molecular complexity index is 519. The third-order valence-corrected chi connectivity index (χ3v) is 2.10. The first-order valence-corrected chi connectivity index (χ1v) is 8.36. The minimum atomic E-state index is -1.95. The molecular formula is C16H22F12O6. The first kappa shape index (κ1) is 39.1. The predicted molar refractivity (Wildman–Crippen MR) is 91.7 cm³/mol. The molecule has 0 atom stereocenters. The summed E-state index contributed by atoms with van der Waals surface area (Å²) >= 11 is 0. The van der Waals surface area contributed by atoms with E-state index in [0.29, 0.717) is 0 Å². The summed E-state index contributed by atoms with van der Waals surface area (Å²) in [5.74, 6) is -10.7. The molecule has 2 N–H and O–H groups in total. The molecule has 1 aromatic carbocycles. The summed E-state index contributed by atoms with van der Waals surface area (Å²) in [6.45, 7) is -8.18. The molecule has 0 aliphatic carbocycles. The normalized spacial score (nSPS) is 9.12. The number of halogens is 12. The fourth-order valence-corrected chi connectivity index (χ4v) is 1.10. The Labute approximate surface area is 185 Å². The number of alkyl halides is 6. The first-order chi connectivity index (χ1) is 16.2. The van der Waals surface area contributed by atoms with Crippen molar-refractivity contribution in [3.63, 3.8) is 0 Å². The van der Waals surface area contributed by atoms with Crippen LogP contribution in [0.5, 0.6) is 11.5 Å². The van der Waals surface area contributed by atoms with E-state index in [9.17, 15) is 53.0 Å². The van der Waals surface area contributed by atoms with Gasteiger partial charge in [-0.05, 0) is 9.05 Å². The predicted octanol–water partition coefficient (Wildman–Crippen LogP) is 4.47. The Morgan fingerprint density at radius 2 is 0.824 bits per heavy atom. The van der Waals surface area contributed by atoms with E-state index in [1.807, 2.05) is 0 Å². The maximum Gasteiger partial charge on any atom is 0.228 e. The van der Waals surface area contributed by atoms with Crippen LogP contribution in [0.4, 0.5) is 53.0 Å². The summed E-state index contributed by atoms with van der Waals surface area (Å²) in [6.07, 6.45) is 0. The van der Waals surface area contributed by atoms with Crippen LogP contribution in [0.2, 0.25) is 0 Å². The topological polar surface area (TPSA) is 77.4 Å². The Hall–Kier alpha value is -2.18. The Morgan fingerprint density at radius 3 is 1.00 bits per heavy atom. The van der Waals surface area contributed by atoms with Crippen LogP contribution in [-0.4, -0.2) is 77.1 Å². The van der Waals surface area contributed by atoms with Gasteiger partial charge >= 0.3 is 0 Å². The van der Waals surface area contributed by atoms with Crippen LogP contribution in [0.3, 0.4) is 0 Å². The van der Waals surface area contributed by atoms with Crippen molar-refractivity contribution in [2.45, 2.75) is 0 Å². The third kappa shape index (κ3) is 21.7. The van der Waals surface area contributed by atoms with Crippen LogP contribution in [-0.2, 0) is 9.88 Å². The fourth-order valence-electron chi connectivity index (χ4n) is 1.10. The molecule has 1 aromatic rings. The minimum Gasteiger partial charge on any atom is -0.485 e. The van der Waals surface area contributed by atoms with Crippen LogP contribution < -0.4 is 9.47 Å². The van der Waals surface area contributed by atoms with E-state index in [4.69, 9.17) is 10.2 Å². The fraction of sp³-hybridized carbons (Fsp3) is 0.625. The molecule has 0 bridgehead atoms. The molecule has 0 radical (unpaired) electrons. The maximum atomic E-state index is 13.1. The van der Waals surface area contributed by atoms with Gasteiger partial charge in [0.2, 0.25) is 35.9 Å². The van der Waals surface area contributed by atoms with Crippen LogP contribution in [0.25, 0.3) is 0 Å². The van der Waals surface area contributed by atoms with E-state index >= 15 is 0 Å². The molecule has 0 amide bonds. The smallest absolute Gasteiger partial charge is 0.228 e. The lowest BCUT2D eigenvalue weighted by molar-refractivity contribution is -0.134. The van der Waals surface area contributed by atoms with E-state index in [1.54, 1.807) is 0 Å².